The Morgan fingerprint density at radius 3 is 2.54 bits per heavy atom. The van der Waals surface area contributed by atoms with E-state index >= 15 is 0 Å². The molecule has 2 aromatic carbocycles. The van der Waals surface area contributed by atoms with Gasteiger partial charge in [0.15, 0.2) is 0 Å². The van der Waals surface area contributed by atoms with Crippen LogP contribution in [0.15, 0.2) is 48.5 Å². The lowest BCUT2D eigenvalue weighted by Crippen LogP contribution is -2.26. The number of aliphatic hydroxyl groups is 1. The first kappa shape index (κ1) is 16.5. The average Bonchev–Trinajstić information content (AvgIpc) is 3.03. The zero-order chi connectivity index (χ0) is 18.1. The molecule has 0 fully saturated rings. The molecule has 0 spiro atoms. The molecule has 3 N–H and O–H groups in total. The fraction of sp³-hybridized carbons (Fsp3) is 0.200. The van der Waals surface area contributed by atoms with E-state index in [9.17, 15) is 9.18 Å². The van der Waals surface area contributed by atoms with E-state index in [4.69, 9.17) is 5.11 Å². The minimum absolute atomic E-state index is 0.0172. The normalized spacial score (nSPS) is 16.7. The van der Waals surface area contributed by atoms with Gasteiger partial charge >= 0.3 is 0 Å². The van der Waals surface area contributed by atoms with E-state index in [1.54, 1.807) is 12.1 Å². The Bertz CT molecular complexity index is 933. The Kier molecular flexibility index (Phi) is 4.26. The second kappa shape index (κ2) is 6.72. The minimum Gasteiger partial charge on any atom is -0.392 e. The lowest BCUT2D eigenvalue weighted by atomic mass is 9.94. The molecule has 132 valence electrons. The summed E-state index contributed by atoms with van der Waals surface area (Å²) >= 11 is 0. The predicted octanol–water partition coefficient (Wildman–Crippen LogP) is 2.78. The predicted molar refractivity (Wildman–Crippen MR) is 95.1 cm³/mol. The Balaban J connectivity index is 1.66. The van der Waals surface area contributed by atoms with Gasteiger partial charge in [-0.3, -0.25) is 4.79 Å². The van der Waals surface area contributed by atoms with Crippen LogP contribution < -0.4 is 5.32 Å². The van der Waals surface area contributed by atoms with Crippen molar-refractivity contribution in [3.8, 4) is 11.4 Å². The smallest absolute Gasteiger partial charge is 0.271 e. The first-order valence-corrected chi connectivity index (χ1v) is 8.47. The maximum Gasteiger partial charge on any atom is 0.271 e. The number of amides is 1. The van der Waals surface area contributed by atoms with Gasteiger partial charge in [-0.05, 0) is 29.7 Å². The first-order valence-electron chi connectivity index (χ1n) is 8.47. The lowest BCUT2D eigenvalue weighted by molar-refractivity contribution is 0.0950. The van der Waals surface area contributed by atoms with Crippen molar-refractivity contribution in [1.82, 2.24) is 15.3 Å². The van der Waals surface area contributed by atoms with Crippen molar-refractivity contribution in [2.24, 2.45) is 0 Å². The van der Waals surface area contributed by atoms with Crippen LogP contribution in [0, 0.1) is 5.82 Å². The number of nitrogens with one attached hydrogen (secondary N) is 2. The minimum atomic E-state index is -0.276. The molecule has 2 heterocycles. The van der Waals surface area contributed by atoms with Crippen LogP contribution in [-0.4, -0.2) is 27.5 Å². The van der Waals surface area contributed by atoms with Crippen molar-refractivity contribution in [3.05, 3.63) is 76.9 Å². The van der Waals surface area contributed by atoms with Gasteiger partial charge in [0.2, 0.25) is 0 Å². The molecule has 3 aromatic rings. The molecular weight excluding hydrogens is 333 g/mol. The summed E-state index contributed by atoms with van der Waals surface area (Å²) in [5, 5.41) is 12.1. The SMILES string of the molecule is O=C1NC[C@@H](c2ccc(F)cc2)Cc2[nH]c(-c3ccc(CO)cc3)nc21. The molecule has 1 atom stereocenters. The van der Waals surface area contributed by atoms with Gasteiger partial charge in [0, 0.05) is 23.7 Å². The number of imidazole rings is 1. The molecule has 4 rings (SSSR count). The molecule has 0 saturated carbocycles. The number of hydrogen-bond donors (Lipinski definition) is 3. The highest BCUT2D eigenvalue weighted by atomic mass is 19.1. The van der Waals surface area contributed by atoms with E-state index in [1.165, 1.54) is 12.1 Å². The second-order valence-corrected chi connectivity index (χ2v) is 6.43. The van der Waals surface area contributed by atoms with E-state index in [-0.39, 0.29) is 24.2 Å². The number of aromatic nitrogens is 2. The van der Waals surface area contributed by atoms with Crippen LogP contribution in [0.5, 0.6) is 0 Å². The fourth-order valence-electron chi connectivity index (χ4n) is 3.24. The fourth-order valence-corrected chi connectivity index (χ4v) is 3.24. The zero-order valence-corrected chi connectivity index (χ0v) is 14.0. The molecule has 1 amide bonds. The van der Waals surface area contributed by atoms with Gasteiger partial charge in [0.05, 0.1) is 6.61 Å². The summed E-state index contributed by atoms with van der Waals surface area (Å²) in [6, 6.07) is 13.7. The molecule has 0 bridgehead atoms. The number of hydrogen-bond acceptors (Lipinski definition) is 3. The van der Waals surface area contributed by atoms with E-state index in [1.807, 2.05) is 24.3 Å². The molecule has 26 heavy (non-hydrogen) atoms. The van der Waals surface area contributed by atoms with Crippen molar-refractivity contribution in [2.75, 3.05) is 6.54 Å². The maximum absolute atomic E-state index is 13.2. The van der Waals surface area contributed by atoms with Crippen LogP contribution in [0.25, 0.3) is 11.4 Å². The molecule has 0 radical (unpaired) electrons. The largest absolute Gasteiger partial charge is 0.392 e. The molecule has 0 aliphatic carbocycles. The Morgan fingerprint density at radius 2 is 1.85 bits per heavy atom. The summed E-state index contributed by atoms with van der Waals surface area (Å²) in [4.78, 5) is 20.1. The van der Waals surface area contributed by atoms with Crippen molar-refractivity contribution < 1.29 is 14.3 Å². The molecule has 1 aliphatic heterocycles. The van der Waals surface area contributed by atoms with Crippen LogP contribution in [0.4, 0.5) is 4.39 Å². The number of rotatable bonds is 3. The number of benzene rings is 2. The van der Waals surface area contributed by atoms with E-state index in [0.29, 0.717) is 24.5 Å². The number of H-pyrrole nitrogens is 1. The summed E-state index contributed by atoms with van der Waals surface area (Å²) in [6.07, 6.45) is 0.613. The second-order valence-electron chi connectivity index (χ2n) is 6.43. The Labute approximate surface area is 149 Å². The van der Waals surface area contributed by atoms with Crippen molar-refractivity contribution >= 4 is 5.91 Å². The van der Waals surface area contributed by atoms with Crippen molar-refractivity contribution in [1.29, 1.82) is 0 Å². The van der Waals surface area contributed by atoms with Gasteiger partial charge in [0.25, 0.3) is 5.91 Å². The van der Waals surface area contributed by atoms with E-state index < -0.39 is 0 Å². The molecule has 1 aromatic heterocycles. The maximum atomic E-state index is 13.2. The van der Waals surface area contributed by atoms with Gasteiger partial charge in [-0.25, -0.2) is 9.37 Å². The number of aromatic amines is 1. The molecule has 1 aliphatic rings. The summed E-state index contributed by atoms with van der Waals surface area (Å²) in [5.41, 5.74) is 3.81. The third-order valence-electron chi connectivity index (χ3n) is 4.70. The number of fused-ring (bicyclic) bond motifs is 1. The summed E-state index contributed by atoms with van der Waals surface area (Å²) in [6.45, 7) is 0.464. The number of nitrogens with zero attached hydrogens (tertiary/aromatic N) is 1. The van der Waals surface area contributed by atoms with Gasteiger partial charge < -0.3 is 15.4 Å². The quantitative estimate of drug-likeness (QED) is 0.679. The summed E-state index contributed by atoms with van der Waals surface area (Å²) in [5.74, 6) is 0.182. The zero-order valence-electron chi connectivity index (χ0n) is 14.0. The summed E-state index contributed by atoms with van der Waals surface area (Å²) in [7, 11) is 0. The van der Waals surface area contributed by atoms with Crippen LogP contribution in [0.1, 0.15) is 33.2 Å². The van der Waals surface area contributed by atoms with Crippen LogP contribution in [0.2, 0.25) is 0 Å². The molecular formula is C20H18FN3O2. The summed E-state index contributed by atoms with van der Waals surface area (Å²) < 4.78 is 13.2. The van der Waals surface area contributed by atoms with E-state index in [0.717, 1.165) is 22.4 Å². The highest BCUT2D eigenvalue weighted by Gasteiger charge is 2.26. The van der Waals surface area contributed by atoms with Gasteiger partial charge in [-0.2, -0.15) is 0 Å². The van der Waals surface area contributed by atoms with Crippen LogP contribution in [-0.2, 0) is 13.0 Å². The van der Waals surface area contributed by atoms with Gasteiger partial charge in [-0.1, -0.05) is 36.4 Å². The highest BCUT2D eigenvalue weighted by molar-refractivity contribution is 5.94. The Hall–Kier alpha value is -2.99. The molecule has 5 nitrogen and oxygen atoms in total. The number of halogens is 1. The average molecular weight is 351 g/mol. The van der Waals surface area contributed by atoms with Crippen molar-refractivity contribution in [2.45, 2.75) is 18.9 Å². The first-order chi connectivity index (χ1) is 12.6. The monoisotopic (exact) mass is 351 g/mol. The van der Waals surface area contributed by atoms with Gasteiger partial charge in [-0.15, -0.1) is 0 Å². The molecule has 6 heteroatoms. The standard InChI is InChI=1S/C20H18FN3O2/c21-16-7-5-13(6-8-16)15-9-17-18(20(26)22-10-15)24-19(23-17)14-3-1-12(11-25)2-4-14/h1-8,15,25H,9-11H2,(H,22,26)(H,23,24)/t15-/m0/s1. The third kappa shape index (κ3) is 3.11. The molecule has 0 saturated heterocycles. The van der Waals surface area contributed by atoms with Gasteiger partial charge in [0.1, 0.15) is 17.3 Å². The Morgan fingerprint density at radius 1 is 1.12 bits per heavy atom. The topological polar surface area (TPSA) is 78.0 Å². The number of aliphatic hydroxyl groups excluding tert-OH is 1. The number of carbonyl (C=O) groups excluding carboxylic acids is 1. The number of carbonyl (C=O) groups is 1. The van der Waals surface area contributed by atoms with Crippen LogP contribution in [0.3, 0.4) is 0 Å². The van der Waals surface area contributed by atoms with E-state index in [2.05, 4.69) is 15.3 Å². The van der Waals surface area contributed by atoms with Crippen molar-refractivity contribution in [3.63, 3.8) is 0 Å². The third-order valence-corrected chi connectivity index (χ3v) is 4.70. The highest BCUT2D eigenvalue weighted by Crippen LogP contribution is 2.27. The lowest BCUT2D eigenvalue weighted by Gasteiger charge is -2.14. The van der Waals surface area contributed by atoms with Crippen LogP contribution >= 0.6 is 0 Å². The molecule has 0 unspecified atom stereocenters.